The molecule has 0 aromatic heterocycles. The maximum absolute atomic E-state index is 12.1. The molecule has 27 heavy (non-hydrogen) atoms. The Hall–Kier alpha value is -3.02. The highest BCUT2D eigenvalue weighted by atomic mass is 16.2. The zero-order valence-corrected chi connectivity index (χ0v) is 15.5. The van der Waals surface area contributed by atoms with E-state index < -0.39 is 0 Å². The van der Waals surface area contributed by atoms with Crippen molar-refractivity contribution in [3.05, 3.63) is 48.5 Å². The van der Waals surface area contributed by atoms with Gasteiger partial charge in [-0.1, -0.05) is 25.3 Å². The minimum Gasteiger partial charge on any atom is -0.355 e. The number of anilines is 4. The van der Waals surface area contributed by atoms with Crippen molar-refractivity contribution in [2.75, 3.05) is 16.0 Å². The summed E-state index contributed by atoms with van der Waals surface area (Å²) in [7, 11) is 0. The second kappa shape index (κ2) is 9.07. The van der Waals surface area contributed by atoms with E-state index in [1.54, 1.807) is 0 Å². The molecule has 2 aromatic carbocycles. The summed E-state index contributed by atoms with van der Waals surface area (Å²) in [5.74, 6) is -0.103. The van der Waals surface area contributed by atoms with E-state index in [1.165, 1.54) is 26.2 Å². The summed E-state index contributed by atoms with van der Waals surface area (Å²) in [5.41, 5.74) is 3.26. The molecule has 0 unspecified atom stereocenters. The number of carbonyl (C=O) groups is 2. The van der Waals surface area contributed by atoms with E-state index in [-0.39, 0.29) is 18.0 Å². The van der Waals surface area contributed by atoms with Gasteiger partial charge in [0.15, 0.2) is 0 Å². The number of rotatable bonds is 5. The van der Waals surface area contributed by atoms with Crippen LogP contribution in [0, 0.1) is 0 Å². The molecule has 3 rings (SSSR count). The van der Waals surface area contributed by atoms with Gasteiger partial charge in [0.25, 0.3) is 0 Å². The first-order chi connectivity index (χ1) is 13.1. The van der Waals surface area contributed by atoms with Gasteiger partial charge in [-0.3, -0.25) is 4.79 Å². The van der Waals surface area contributed by atoms with Crippen LogP contribution in [0.2, 0.25) is 0 Å². The molecule has 1 aliphatic rings. The average Bonchev–Trinajstić information content (AvgIpc) is 2.64. The van der Waals surface area contributed by atoms with Crippen LogP contribution in [0.3, 0.4) is 0 Å². The van der Waals surface area contributed by atoms with E-state index in [0.29, 0.717) is 0 Å². The van der Waals surface area contributed by atoms with Gasteiger partial charge in [0.05, 0.1) is 0 Å². The summed E-state index contributed by atoms with van der Waals surface area (Å²) >= 11 is 0. The van der Waals surface area contributed by atoms with Crippen LogP contribution in [-0.4, -0.2) is 18.0 Å². The quantitative estimate of drug-likeness (QED) is 0.611. The molecule has 0 atom stereocenters. The van der Waals surface area contributed by atoms with E-state index in [4.69, 9.17) is 0 Å². The molecule has 3 amide bonds. The summed E-state index contributed by atoms with van der Waals surface area (Å²) in [5, 5.41) is 12.0. The zero-order chi connectivity index (χ0) is 19.1. The molecule has 1 saturated carbocycles. The molecule has 6 nitrogen and oxygen atoms in total. The number of carbonyl (C=O) groups excluding carboxylic acids is 2. The van der Waals surface area contributed by atoms with Crippen LogP contribution < -0.4 is 21.3 Å². The van der Waals surface area contributed by atoms with Gasteiger partial charge in [0.2, 0.25) is 5.91 Å². The summed E-state index contributed by atoms with van der Waals surface area (Å²) in [6.07, 6.45) is 5.77. The molecule has 0 radical (unpaired) electrons. The van der Waals surface area contributed by atoms with Gasteiger partial charge >= 0.3 is 6.03 Å². The normalized spacial score (nSPS) is 14.3. The standard InChI is InChI=1S/C21H26N4O2/c1-15(26)22-19-8-5-9-20(14-19)23-17-10-12-18(13-11-17)25-21(27)24-16-6-3-2-4-7-16/h5,8-14,16,23H,2-4,6-7H2,1H3,(H,22,26)(H2,24,25,27). The van der Waals surface area contributed by atoms with Crippen molar-refractivity contribution in [2.24, 2.45) is 0 Å². The third-order valence-electron chi connectivity index (χ3n) is 4.55. The minimum atomic E-state index is -0.148. The first kappa shape index (κ1) is 18.8. The van der Waals surface area contributed by atoms with Gasteiger partial charge in [0, 0.05) is 35.7 Å². The monoisotopic (exact) mass is 366 g/mol. The Morgan fingerprint density at radius 1 is 0.815 bits per heavy atom. The fraction of sp³-hybridized carbons (Fsp3) is 0.333. The maximum Gasteiger partial charge on any atom is 0.319 e. The predicted octanol–water partition coefficient (Wildman–Crippen LogP) is 4.84. The Morgan fingerprint density at radius 3 is 2.19 bits per heavy atom. The van der Waals surface area contributed by atoms with Crippen molar-refractivity contribution in [2.45, 2.75) is 45.1 Å². The van der Waals surface area contributed by atoms with Crippen LogP contribution in [0.5, 0.6) is 0 Å². The summed E-state index contributed by atoms with van der Waals surface area (Å²) in [6.45, 7) is 1.48. The van der Waals surface area contributed by atoms with Crippen molar-refractivity contribution in [3.63, 3.8) is 0 Å². The number of benzene rings is 2. The lowest BCUT2D eigenvalue weighted by atomic mass is 9.96. The number of urea groups is 1. The van der Waals surface area contributed by atoms with Crippen LogP contribution in [-0.2, 0) is 4.79 Å². The fourth-order valence-corrected chi connectivity index (χ4v) is 3.28. The fourth-order valence-electron chi connectivity index (χ4n) is 3.28. The van der Waals surface area contributed by atoms with Gasteiger partial charge in [-0.05, 0) is 55.3 Å². The van der Waals surface area contributed by atoms with Crippen LogP contribution in [0.25, 0.3) is 0 Å². The number of hydrogen-bond donors (Lipinski definition) is 4. The molecular formula is C21H26N4O2. The van der Waals surface area contributed by atoms with Crippen molar-refractivity contribution in [1.82, 2.24) is 5.32 Å². The average molecular weight is 366 g/mol. The summed E-state index contributed by atoms with van der Waals surface area (Å²) < 4.78 is 0. The number of nitrogens with one attached hydrogen (secondary N) is 4. The van der Waals surface area contributed by atoms with Crippen LogP contribution in [0.1, 0.15) is 39.0 Å². The molecule has 1 fully saturated rings. The van der Waals surface area contributed by atoms with E-state index in [0.717, 1.165) is 35.6 Å². The SMILES string of the molecule is CC(=O)Nc1cccc(Nc2ccc(NC(=O)NC3CCCCC3)cc2)c1. The molecule has 6 heteroatoms. The third-order valence-corrected chi connectivity index (χ3v) is 4.55. The Kier molecular flexibility index (Phi) is 6.30. The van der Waals surface area contributed by atoms with Gasteiger partial charge < -0.3 is 21.3 Å². The van der Waals surface area contributed by atoms with Crippen molar-refractivity contribution in [1.29, 1.82) is 0 Å². The molecule has 1 aliphatic carbocycles. The van der Waals surface area contributed by atoms with E-state index in [2.05, 4.69) is 21.3 Å². The predicted molar refractivity (Wildman–Crippen MR) is 109 cm³/mol. The van der Waals surface area contributed by atoms with Crippen molar-refractivity contribution in [3.8, 4) is 0 Å². The molecule has 0 spiro atoms. The molecule has 0 aliphatic heterocycles. The highest BCUT2D eigenvalue weighted by molar-refractivity contribution is 5.90. The Bertz CT molecular complexity index is 783. The Balaban J connectivity index is 1.54. The van der Waals surface area contributed by atoms with Crippen LogP contribution >= 0.6 is 0 Å². The van der Waals surface area contributed by atoms with E-state index >= 15 is 0 Å². The highest BCUT2D eigenvalue weighted by Crippen LogP contribution is 2.22. The minimum absolute atomic E-state index is 0.103. The molecule has 4 N–H and O–H groups in total. The van der Waals surface area contributed by atoms with E-state index in [1.807, 2.05) is 48.5 Å². The molecule has 0 bridgehead atoms. The summed E-state index contributed by atoms with van der Waals surface area (Å²) in [6, 6.07) is 15.2. The highest BCUT2D eigenvalue weighted by Gasteiger charge is 2.15. The topological polar surface area (TPSA) is 82.3 Å². The van der Waals surface area contributed by atoms with Crippen molar-refractivity contribution < 1.29 is 9.59 Å². The lowest BCUT2D eigenvalue weighted by Crippen LogP contribution is -2.38. The molecule has 0 heterocycles. The number of amides is 3. The Labute approximate surface area is 159 Å². The van der Waals surface area contributed by atoms with Crippen LogP contribution in [0.4, 0.5) is 27.5 Å². The maximum atomic E-state index is 12.1. The lowest BCUT2D eigenvalue weighted by molar-refractivity contribution is -0.114. The number of hydrogen-bond acceptors (Lipinski definition) is 3. The van der Waals surface area contributed by atoms with Gasteiger partial charge in [0.1, 0.15) is 0 Å². The van der Waals surface area contributed by atoms with Gasteiger partial charge in [-0.2, -0.15) is 0 Å². The second-order valence-corrected chi connectivity index (χ2v) is 6.90. The smallest absolute Gasteiger partial charge is 0.319 e. The van der Waals surface area contributed by atoms with Crippen LogP contribution in [0.15, 0.2) is 48.5 Å². The first-order valence-electron chi connectivity index (χ1n) is 9.41. The molecule has 142 valence electrons. The Morgan fingerprint density at radius 2 is 1.48 bits per heavy atom. The molecule has 2 aromatic rings. The third kappa shape index (κ3) is 6.02. The second-order valence-electron chi connectivity index (χ2n) is 6.90. The first-order valence-corrected chi connectivity index (χ1v) is 9.41. The zero-order valence-electron chi connectivity index (χ0n) is 15.5. The lowest BCUT2D eigenvalue weighted by Gasteiger charge is -2.22. The summed E-state index contributed by atoms with van der Waals surface area (Å²) in [4.78, 5) is 23.3. The largest absolute Gasteiger partial charge is 0.355 e. The van der Waals surface area contributed by atoms with Gasteiger partial charge in [-0.25, -0.2) is 4.79 Å². The van der Waals surface area contributed by atoms with E-state index in [9.17, 15) is 9.59 Å². The molecular weight excluding hydrogens is 340 g/mol. The van der Waals surface area contributed by atoms with Crippen molar-refractivity contribution >= 4 is 34.7 Å². The molecule has 0 saturated heterocycles. The van der Waals surface area contributed by atoms with Gasteiger partial charge in [-0.15, -0.1) is 0 Å².